The number of rotatable bonds is 3. The highest BCUT2D eigenvalue weighted by Crippen LogP contribution is 2.45. The van der Waals surface area contributed by atoms with Gasteiger partial charge in [0.15, 0.2) is 5.96 Å². The summed E-state index contributed by atoms with van der Waals surface area (Å²) in [7, 11) is 0. The normalized spacial score (nSPS) is 25.0. The number of guanidine groups is 1. The molecule has 1 saturated heterocycles. The average molecular weight is 375 g/mol. The number of nitrogens with zero attached hydrogens (tertiary/aromatic N) is 3. The zero-order valence-electron chi connectivity index (χ0n) is 14.9. The molecule has 2 aromatic heterocycles. The number of likely N-dealkylation sites (tertiary alicyclic amines) is 1. The van der Waals surface area contributed by atoms with Gasteiger partial charge in [0.25, 0.3) is 0 Å². The van der Waals surface area contributed by atoms with Crippen molar-refractivity contribution in [1.29, 1.82) is 5.41 Å². The molecule has 2 aromatic rings. The van der Waals surface area contributed by atoms with Gasteiger partial charge >= 0.3 is 0 Å². The van der Waals surface area contributed by atoms with Gasteiger partial charge in [-0.3, -0.25) is 10.2 Å². The third-order valence-electron chi connectivity index (χ3n) is 5.69. The molecule has 4 N–H and O–H groups in total. The van der Waals surface area contributed by atoms with Gasteiger partial charge in [0, 0.05) is 25.2 Å². The Morgan fingerprint density at radius 2 is 2.12 bits per heavy atom. The number of amides is 1. The van der Waals surface area contributed by atoms with Gasteiger partial charge in [0.2, 0.25) is 5.91 Å². The van der Waals surface area contributed by atoms with Crippen LogP contribution in [-0.4, -0.2) is 39.2 Å². The summed E-state index contributed by atoms with van der Waals surface area (Å²) in [4.78, 5) is 19.3. The molecule has 4 rings (SSSR count). The minimum absolute atomic E-state index is 0.0142. The van der Waals surface area contributed by atoms with Crippen LogP contribution in [0.15, 0.2) is 24.5 Å². The number of aromatic nitrogens is 2. The lowest BCUT2D eigenvalue weighted by Crippen LogP contribution is -2.62. The molecule has 2 aliphatic rings. The van der Waals surface area contributed by atoms with Gasteiger partial charge < -0.3 is 20.4 Å². The Balaban J connectivity index is 1.52. The van der Waals surface area contributed by atoms with Crippen LogP contribution >= 0.6 is 11.6 Å². The number of fused-ring (bicyclic) bond motifs is 3. The van der Waals surface area contributed by atoms with Crippen LogP contribution < -0.4 is 11.1 Å². The summed E-state index contributed by atoms with van der Waals surface area (Å²) < 4.78 is 1.92. The summed E-state index contributed by atoms with van der Waals surface area (Å²) in [5, 5.41) is 11.4. The summed E-state index contributed by atoms with van der Waals surface area (Å²) >= 11 is 6.23. The predicted octanol–water partition coefficient (Wildman–Crippen LogP) is 1.80. The predicted molar refractivity (Wildman–Crippen MR) is 99.9 cm³/mol. The third-order valence-corrected chi connectivity index (χ3v) is 6.01. The first-order valence-corrected chi connectivity index (χ1v) is 9.19. The second-order valence-electron chi connectivity index (χ2n) is 7.88. The maximum Gasteiger partial charge on any atom is 0.224 e. The minimum Gasteiger partial charge on any atom is -0.370 e. The highest BCUT2D eigenvalue weighted by Gasteiger charge is 2.51. The Labute approximate surface area is 157 Å². The fraction of sp³-hybridized carbons (Fsp3) is 0.500. The van der Waals surface area contributed by atoms with E-state index >= 15 is 0 Å². The number of halogens is 1. The Morgan fingerprint density at radius 1 is 1.42 bits per heavy atom. The molecule has 3 atom stereocenters. The van der Waals surface area contributed by atoms with Crippen molar-refractivity contribution in [2.45, 2.75) is 25.8 Å². The molecule has 0 aromatic carbocycles. The lowest BCUT2D eigenvalue weighted by atomic mass is 9.61. The van der Waals surface area contributed by atoms with E-state index in [9.17, 15) is 4.79 Å². The van der Waals surface area contributed by atoms with Gasteiger partial charge in [-0.2, -0.15) is 0 Å². The first-order valence-electron chi connectivity index (χ1n) is 8.81. The Kier molecular flexibility index (Phi) is 3.87. The number of carbonyl (C=O) groups is 1. The van der Waals surface area contributed by atoms with E-state index in [-0.39, 0.29) is 29.6 Å². The smallest absolute Gasteiger partial charge is 0.224 e. The molecular formula is C18H23ClN6O. The van der Waals surface area contributed by atoms with Crippen molar-refractivity contribution in [3.63, 3.8) is 0 Å². The molecule has 2 bridgehead atoms. The summed E-state index contributed by atoms with van der Waals surface area (Å²) in [6, 6.07) is 3.69. The standard InChI is InChI=1S/C18H23ClN6O/c1-18(2,16-22-7-13-12(19)4-3-5-25(13)16)23-15(26)14-10-6-11(14)9-24(8-10)17(20)21/h3-5,7,10-11,14H,6,8-9H2,1-2H3,(H3,20,21)(H,23,26)/t10-,11+,14-. The van der Waals surface area contributed by atoms with Crippen LogP contribution in [-0.2, 0) is 10.3 Å². The third kappa shape index (κ3) is 2.61. The number of imidazole rings is 1. The molecule has 0 radical (unpaired) electrons. The number of pyridine rings is 1. The summed E-state index contributed by atoms with van der Waals surface area (Å²) in [6.07, 6.45) is 4.67. The first-order chi connectivity index (χ1) is 12.3. The van der Waals surface area contributed by atoms with Crippen molar-refractivity contribution in [2.75, 3.05) is 13.1 Å². The van der Waals surface area contributed by atoms with Crippen molar-refractivity contribution < 1.29 is 4.79 Å². The summed E-state index contributed by atoms with van der Waals surface area (Å²) in [5.41, 5.74) is 5.79. The van der Waals surface area contributed by atoms with E-state index in [1.165, 1.54) is 0 Å². The first kappa shape index (κ1) is 17.1. The molecular weight excluding hydrogens is 352 g/mol. The number of hydrogen-bond donors (Lipinski definition) is 3. The van der Waals surface area contributed by atoms with Crippen LogP contribution in [0.5, 0.6) is 0 Å². The Morgan fingerprint density at radius 3 is 2.77 bits per heavy atom. The number of piperidine rings is 2. The fourth-order valence-corrected chi connectivity index (χ4v) is 4.62. The van der Waals surface area contributed by atoms with E-state index in [1.807, 2.05) is 41.5 Å². The maximum atomic E-state index is 13.0. The maximum absolute atomic E-state index is 13.0. The molecule has 3 heterocycles. The van der Waals surface area contributed by atoms with Crippen LogP contribution in [0, 0.1) is 23.2 Å². The van der Waals surface area contributed by atoms with Gasteiger partial charge in [-0.25, -0.2) is 4.98 Å². The van der Waals surface area contributed by atoms with Crippen molar-refractivity contribution in [3.8, 4) is 0 Å². The molecule has 1 saturated carbocycles. The molecule has 1 amide bonds. The number of nitrogens with two attached hydrogens (primary N) is 1. The zero-order valence-corrected chi connectivity index (χ0v) is 15.6. The monoisotopic (exact) mass is 374 g/mol. The zero-order chi connectivity index (χ0) is 18.6. The lowest BCUT2D eigenvalue weighted by Gasteiger charge is -2.53. The van der Waals surface area contributed by atoms with E-state index in [2.05, 4.69) is 10.3 Å². The number of hydrogen-bond acceptors (Lipinski definition) is 3. The van der Waals surface area contributed by atoms with Gasteiger partial charge in [-0.1, -0.05) is 11.6 Å². The van der Waals surface area contributed by atoms with Crippen LogP contribution in [0.1, 0.15) is 26.1 Å². The average Bonchev–Trinajstić information content (AvgIpc) is 3.00. The second-order valence-corrected chi connectivity index (χ2v) is 8.29. The van der Waals surface area contributed by atoms with Gasteiger partial charge in [0.1, 0.15) is 5.82 Å². The van der Waals surface area contributed by atoms with Gasteiger partial charge in [0.05, 0.1) is 22.3 Å². The van der Waals surface area contributed by atoms with Crippen LogP contribution in [0.4, 0.5) is 0 Å². The SMILES string of the molecule is CC(C)(NC(=O)[C@@H]1[C@@H]2C[C@H]1CN(C(=N)N)C2)c1ncc2c(Cl)cccn12. The highest BCUT2D eigenvalue weighted by molar-refractivity contribution is 6.33. The number of carbonyl (C=O) groups excluding carboxylic acids is 1. The van der Waals surface area contributed by atoms with Crippen molar-refractivity contribution in [2.24, 2.45) is 23.5 Å². The van der Waals surface area contributed by atoms with Crippen molar-refractivity contribution in [1.82, 2.24) is 19.6 Å². The molecule has 0 unspecified atom stereocenters. The molecule has 138 valence electrons. The van der Waals surface area contributed by atoms with Gasteiger partial charge in [-0.15, -0.1) is 0 Å². The molecule has 7 nitrogen and oxygen atoms in total. The molecule has 2 fully saturated rings. The number of nitrogens with one attached hydrogen (secondary N) is 2. The quantitative estimate of drug-likeness (QED) is 0.563. The van der Waals surface area contributed by atoms with E-state index in [4.69, 9.17) is 22.7 Å². The van der Waals surface area contributed by atoms with Crippen molar-refractivity contribution >= 4 is 29.0 Å². The minimum atomic E-state index is -0.627. The highest BCUT2D eigenvalue weighted by atomic mass is 35.5. The van der Waals surface area contributed by atoms with Crippen LogP contribution in [0.2, 0.25) is 5.02 Å². The second kappa shape index (κ2) is 5.87. The largest absolute Gasteiger partial charge is 0.370 e. The lowest BCUT2D eigenvalue weighted by molar-refractivity contribution is -0.141. The molecule has 0 spiro atoms. The molecule has 26 heavy (non-hydrogen) atoms. The Hall–Kier alpha value is -2.28. The van der Waals surface area contributed by atoms with Crippen LogP contribution in [0.3, 0.4) is 0 Å². The van der Waals surface area contributed by atoms with E-state index in [1.54, 1.807) is 6.20 Å². The summed E-state index contributed by atoms with van der Waals surface area (Å²) in [6.45, 7) is 5.28. The topological polar surface area (TPSA) is 99.5 Å². The van der Waals surface area contributed by atoms with Crippen LogP contribution in [0.25, 0.3) is 5.52 Å². The Bertz CT molecular complexity index is 879. The van der Waals surface area contributed by atoms with E-state index < -0.39 is 5.54 Å². The van der Waals surface area contributed by atoms with Gasteiger partial charge in [-0.05, 0) is 44.2 Å². The molecule has 8 heteroatoms. The van der Waals surface area contributed by atoms with E-state index in [0.29, 0.717) is 18.1 Å². The molecule has 1 aliphatic heterocycles. The summed E-state index contributed by atoms with van der Waals surface area (Å²) in [5.74, 6) is 1.41. The van der Waals surface area contributed by atoms with E-state index in [0.717, 1.165) is 17.8 Å². The fourth-order valence-electron chi connectivity index (χ4n) is 4.41. The van der Waals surface area contributed by atoms with Crippen molar-refractivity contribution in [3.05, 3.63) is 35.4 Å². The molecule has 1 aliphatic carbocycles.